The molecule has 2 rings (SSSR count). The highest BCUT2D eigenvalue weighted by Gasteiger charge is 2.06. The van der Waals surface area contributed by atoms with E-state index in [4.69, 9.17) is 4.74 Å². The zero-order valence-corrected chi connectivity index (χ0v) is 12.2. The Kier molecular flexibility index (Phi) is 5.07. The van der Waals surface area contributed by atoms with Gasteiger partial charge in [-0.05, 0) is 34.5 Å². The van der Waals surface area contributed by atoms with Crippen molar-refractivity contribution in [2.45, 2.75) is 12.5 Å². The third kappa shape index (κ3) is 3.86. The summed E-state index contributed by atoms with van der Waals surface area (Å²) in [7, 11) is 1.58. The molecule has 102 valence electrons. The average molecular weight is 326 g/mol. The van der Waals surface area contributed by atoms with E-state index in [-0.39, 0.29) is 0 Å². The van der Waals surface area contributed by atoms with E-state index in [2.05, 4.69) is 31.2 Å². The van der Waals surface area contributed by atoms with Gasteiger partial charge in [-0.1, -0.05) is 0 Å². The third-order valence-electron chi connectivity index (χ3n) is 2.70. The van der Waals surface area contributed by atoms with Gasteiger partial charge in [0.2, 0.25) is 0 Å². The van der Waals surface area contributed by atoms with Gasteiger partial charge in [-0.25, -0.2) is 0 Å². The van der Waals surface area contributed by atoms with Gasteiger partial charge >= 0.3 is 0 Å². The molecule has 0 aromatic carbocycles. The lowest BCUT2D eigenvalue weighted by Crippen LogP contribution is -2.18. The molecule has 0 spiro atoms. The van der Waals surface area contributed by atoms with Crippen LogP contribution in [0.3, 0.4) is 0 Å². The summed E-state index contributed by atoms with van der Waals surface area (Å²) in [4.78, 5) is 8.63. The number of rotatable bonds is 6. The molecule has 0 bridgehead atoms. The zero-order chi connectivity index (χ0) is 13.7. The van der Waals surface area contributed by atoms with Gasteiger partial charge < -0.3 is 15.2 Å². The number of hydrogen-bond acceptors (Lipinski definition) is 5. The fourth-order valence-corrected chi connectivity index (χ4v) is 2.12. The third-order valence-corrected chi connectivity index (χ3v) is 3.13. The van der Waals surface area contributed by atoms with E-state index in [1.807, 2.05) is 12.1 Å². The van der Waals surface area contributed by atoms with Crippen LogP contribution in [0.4, 0.5) is 5.69 Å². The summed E-state index contributed by atoms with van der Waals surface area (Å²) in [6, 6.07) is 3.80. The summed E-state index contributed by atoms with van der Waals surface area (Å²) in [5.74, 6) is 0. The molecule has 0 amide bonds. The van der Waals surface area contributed by atoms with Crippen LogP contribution in [0, 0.1) is 0 Å². The van der Waals surface area contributed by atoms with Gasteiger partial charge in [0.25, 0.3) is 0 Å². The second kappa shape index (κ2) is 6.79. The van der Waals surface area contributed by atoms with E-state index < -0.39 is 6.10 Å². The number of fused-ring (bicyclic) bond motifs is 1. The Morgan fingerprint density at radius 3 is 3.11 bits per heavy atom. The van der Waals surface area contributed by atoms with Crippen LogP contribution in [0.25, 0.3) is 11.0 Å². The highest BCUT2D eigenvalue weighted by atomic mass is 79.9. The van der Waals surface area contributed by atoms with Crippen LogP contribution in [0.15, 0.2) is 29.0 Å². The van der Waals surface area contributed by atoms with Crippen molar-refractivity contribution < 1.29 is 9.84 Å². The van der Waals surface area contributed by atoms with Gasteiger partial charge in [0.1, 0.15) is 5.52 Å². The summed E-state index contributed by atoms with van der Waals surface area (Å²) in [6.45, 7) is 1.01. The molecule has 1 atom stereocenters. The minimum atomic E-state index is -0.451. The number of aliphatic hydroxyl groups is 1. The number of methoxy groups -OCH3 is 1. The molecule has 1 unspecified atom stereocenters. The number of nitrogens with one attached hydrogen (secondary N) is 1. The summed E-state index contributed by atoms with van der Waals surface area (Å²) in [5.41, 5.74) is 2.57. The molecular weight excluding hydrogens is 310 g/mol. The molecule has 0 saturated heterocycles. The van der Waals surface area contributed by atoms with Gasteiger partial charge in [0.15, 0.2) is 0 Å². The fourth-order valence-electron chi connectivity index (χ4n) is 1.80. The first-order valence-electron chi connectivity index (χ1n) is 6.02. The van der Waals surface area contributed by atoms with Crippen molar-refractivity contribution in [3.8, 4) is 0 Å². The molecular formula is C13H16BrN3O2. The molecule has 0 radical (unpaired) electrons. The summed E-state index contributed by atoms with van der Waals surface area (Å²) < 4.78 is 5.79. The van der Waals surface area contributed by atoms with Crippen molar-refractivity contribution in [3.05, 3.63) is 29.0 Å². The molecule has 2 aromatic heterocycles. The maximum absolute atomic E-state index is 9.58. The number of aromatic nitrogens is 2. The number of ether oxygens (including phenoxy) is 1. The van der Waals surface area contributed by atoms with Gasteiger partial charge in [-0.15, -0.1) is 0 Å². The van der Waals surface area contributed by atoms with Crippen LogP contribution >= 0.6 is 15.9 Å². The maximum atomic E-state index is 9.58. The first kappa shape index (κ1) is 14.2. The predicted octanol–water partition coefficient (Wildman–Crippen LogP) is 2.20. The van der Waals surface area contributed by atoms with Gasteiger partial charge in [0, 0.05) is 30.5 Å². The summed E-state index contributed by atoms with van der Waals surface area (Å²) >= 11 is 3.38. The Bertz CT molecular complexity index is 550. The molecule has 2 N–H and O–H groups in total. The monoisotopic (exact) mass is 325 g/mol. The smallest absolute Gasteiger partial charge is 0.112 e. The Balaban J connectivity index is 2.04. The Labute approximate surface area is 120 Å². The van der Waals surface area contributed by atoms with E-state index in [0.29, 0.717) is 19.6 Å². The summed E-state index contributed by atoms with van der Waals surface area (Å²) in [6.07, 6.45) is 3.65. The number of pyridine rings is 2. The lowest BCUT2D eigenvalue weighted by atomic mass is 10.2. The molecule has 19 heavy (non-hydrogen) atoms. The van der Waals surface area contributed by atoms with Crippen LogP contribution in [0.5, 0.6) is 0 Å². The first-order chi connectivity index (χ1) is 9.20. The highest BCUT2D eigenvalue weighted by Crippen LogP contribution is 2.21. The number of halogens is 1. The fraction of sp³-hybridized carbons (Fsp3) is 0.385. The van der Waals surface area contributed by atoms with Gasteiger partial charge in [0.05, 0.1) is 23.9 Å². The van der Waals surface area contributed by atoms with Crippen molar-refractivity contribution in [1.82, 2.24) is 9.97 Å². The van der Waals surface area contributed by atoms with E-state index in [9.17, 15) is 5.11 Å². The van der Waals surface area contributed by atoms with Crippen molar-refractivity contribution in [2.24, 2.45) is 0 Å². The Morgan fingerprint density at radius 2 is 2.32 bits per heavy atom. The van der Waals surface area contributed by atoms with Gasteiger partial charge in [-0.2, -0.15) is 0 Å². The second-order valence-corrected chi connectivity index (χ2v) is 5.12. The number of aliphatic hydroxyl groups excluding tert-OH is 1. The lowest BCUT2D eigenvalue weighted by molar-refractivity contribution is 0.0615. The minimum absolute atomic E-state index is 0.351. The summed E-state index contributed by atoms with van der Waals surface area (Å²) in [5, 5.41) is 12.8. The van der Waals surface area contributed by atoms with E-state index in [1.54, 1.807) is 19.5 Å². The van der Waals surface area contributed by atoms with Crippen molar-refractivity contribution >= 4 is 32.7 Å². The normalized spacial score (nSPS) is 12.6. The zero-order valence-electron chi connectivity index (χ0n) is 10.6. The van der Waals surface area contributed by atoms with Crippen molar-refractivity contribution in [2.75, 3.05) is 25.6 Å². The standard InChI is InChI=1S/C13H16BrN3O2/c1-19-8-10(18)2-4-15-11-3-5-16-12-6-9(14)7-17-13(11)12/h3,5-7,10,18H,2,4,8H2,1H3,(H,15,16). The quantitative estimate of drug-likeness (QED) is 0.852. The molecule has 6 heteroatoms. The number of nitrogens with zero attached hydrogens (tertiary/aromatic N) is 2. The van der Waals surface area contributed by atoms with Crippen molar-refractivity contribution in [1.29, 1.82) is 0 Å². The van der Waals surface area contributed by atoms with E-state index >= 15 is 0 Å². The minimum Gasteiger partial charge on any atom is -0.391 e. The van der Waals surface area contributed by atoms with E-state index in [0.717, 1.165) is 21.2 Å². The average Bonchev–Trinajstić information content (AvgIpc) is 2.39. The van der Waals surface area contributed by atoms with Crippen LogP contribution in [-0.2, 0) is 4.74 Å². The van der Waals surface area contributed by atoms with Crippen LogP contribution in [0.1, 0.15) is 6.42 Å². The van der Waals surface area contributed by atoms with Crippen LogP contribution < -0.4 is 5.32 Å². The molecule has 2 heterocycles. The Morgan fingerprint density at radius 1 is 1.47 bits per heavy atom. The maximum Gasteiger partial charge on any atom is 0.112 e. The first-order valence-corrected chi connectivity index (χ1v) is 6.81. The molecule has 2 aromatic rings. The number of hydrogen-bond donors (Lipinski definition) is 2. The predicted molar refractivity (Wildman–Crippen MR) is 78.2 cm³/mol. The molecule has 0 fully saturated rings. The second-order valence-electron chi connectivity index (χ2n) is 4.20. The molecule has 5 nitrogen and oxygen atoms in total. The molecule has 0 aliphatic carbocycles. The Hall–Kier alpha value is -1.24. The molecule has 0 saturated carbocycles. The van der Waals surface area contributed by atoms with Crippen LogP contribution in [0.2, 0.25) is 0 Å². The van der Waals surface area contributed by atoms with Crippen LogP contribution in [-0.4, -0.2) is 41.4 Å². The SMILES string of the molecule is COCC(O)CCNc1ccnc2cc(Br)cnc12. The molecule has 0 aliphatic rings. The number of anilines is 1. The lowest BCUT2D eigenvalue weighted by Gasteiger charge is -2.12. The van der Waals surface area contributed by atoms with Gasteiger partial charge in [-0.3, -0.25) is 9.97 Å². The molecule has 0 aliphatic heterocycles. The van der Waals surface area contributed by atoms with Crippen molar-refractivity contribution in [3.63, 3.8) is 0 Å². The largest absolute Gasteiger partial charge is 0.391 e. The topological polar surface area (TPSA) is 67.3 Å². The highest BCUT2D eigenvalue weighted by molar-refractivity contribution is 9.10. The van der Waals surface area contributed by atoms with E-state index in [1.165, 1.54) is 0 Å².